The maximum atomic E-state index is 12.8. The first kappa shape index (κ1) is 18.2. The van der Waals surface area contributed by atoms with Crippen molar-refractivity contribution in [2.45, 2.75) is 58.4 Å². The SMILES string of the molecule is Cc1ccc(C)c(-n2ncc(C(=O)NC3(C(=O)O)CCCCC3)c2C)c1. The van der Waals surface area contributed by atoms with Gasteiger partial charge in [0.2, 0.25) is 0 Å². The summed E-state index contributed by atoms with van der Waals surface area (Å²) >= 11 is 0. The summed E-state index contributed by atoms with van der Waals surface area (Å²) in [5.74, 6) is -1.33. The van der Waals surface area contributed by atoms with E-state index in [0.717, 1.165) is 36.1 Å². The number of carboxylic acids is 1. The Bertz CT molecular complexity index is 848. The van der Waals surface area contributed by atoms with Crippen LogP contribution in [0.25, 0.3) is 5.69 Å². The van der Waals surface area contributed by atoms with Crippen molar-refractivity contribution in [3.05, 3.63) is 46.8 Å². The Labute approximate surface area is 153 Å². The quantitative estimate of drug-likeness (QED) is 0.881. The number of carboxylic acid groups (broad SMARTS) is 1. The van der Waals surface area contributed by atoms with Crippen LogP contribution in [-0.2, 0) is 4.79 Å². The van der Waals surface area contributed by atoms with E-state index in [1.54, 1.807) is 4.68 Å². The molecular weight excluding hydrogens is 330 g/mol. The minimum absolute atomic E-state index is 0.372. The van der Waals surface area contributed by atoms with Crippen LogP contribution in [0.3, 0.4) is 0 Å². The van der Waals surface area contributed by atoms with Gasteiger partial charge in [0.25, 0.3) is 5.91 Å². The summed E-state index contributed by atoms with van der Waals surface area (Å²) in [6.07, 6.45) is 5.09. The fourth-order valence-electron chi connectivity index (χ4n) is 3.66. The van der Waals surface area contributed by atoms with Crippen molar-refractivity contribution >= 4 is 11.9 Å². The molecule has 0 aliphatic heterocycles. The van der Waals surface area contributed by atoms with Crippen molar-refractivity contribution < 1.29 is 14.7 Å². The molecule has 1 aliphatic carbocycles. The van der Waals surface area contributed by atoms with Gasteiger partial charge in [0.05, 0.1) is 23.1 Å². The Morgan fingerprint density at radius 2 is 1.85 bits per heavy atom. The summed E-state index contributed by atoms with van der Waals surface area (Å²) in [4.78, 5) is 24.6. The number of hydrogen-bond acceptors (Lipinski definition) is 3. The average molecular weight is 355 g/mol. The van der Waals surface area contributed by atoms with Crippen LogP contribution in [0, 0.1) is 20.8 Å². The molecule has 138 valence electrons. The molecule has 0 atom stereocenters. The highest BCUT2D eigenvalue weighted by atomic mass is 16.4. The van der Waals surface area contributed by atoms with E-state index >= 15 is 0 Å². The maximum Gasteiger partial charge on any atom is 0.329 e. The molecular formula is C20H25N3O3. The summed E-state index contributed by atoms with van der Waals surface area (Å²) in [5.41, 5.74) is 3.04. The molecule has 1 aromatic heterocycles. The third-order valence-electron chi connectivity index (χ3n) is 5.32. The van der Waals surface area contributed by atoms with Gasteiger partial charge in [0.15, 0.2) is 0 Å². The predicted molar refractivity (Wildman–Crippen MR) is 98.7 cm³/mol. The van der Waals surface area contributed by atoms with E-state index in [1.807, 2.05) is 39.0 Å². The summed E-state index contributed by atoms with van der Waals surface area (Å²) in [7, 11) is 0. The average Bonchev–Trinajstić information content (AvgIpc) is 2.99. The highest BCUT2D eigenvalue weighted by Crippen LogP contribution is 2.29. The Morgan fingerprint density at radius 3 is 2.50 bits per heavy atom. The molecule has 1 aromatic carbocycles. The molecule has 6 heteroatoms. The van der Waals surface area contributed by atoms with Gasteiger partial charge in [0, 0.05) is 0 Å². The number of hydrogen-bond donors (Lipinski definition) is 2. The molecule has 0 radical (unpaired) electrons. The van der Waals surface area contributed by atoms with E-state index in [2.05, 4.69) is 10.4 Å². The predicted octanol–water partition coefficient (Wildman–Crippen LogP) is 3.31. The van der Waals surface area contributed by atoms with Crippen molar-refractivity contribution in [2.24, 2.45) is 0 Å². The lowest BCUT2D eigenvalue weighted by atomic mass is 9.81. The summed E-state index contributed by atoms with van der Waals surface area (Å²) in [6, 6.07) is 6.08. The smallest absolute Gasteiger partial charge is 0.329 e. The fraction of sp³-hybridized carbons (Fsp3) is 0.450. The second-order valence-corrected chi connectivity index (χ2v) is 7.25. The Kier molecular flexibility index (Phi) is 4.85. The normalized spacial score (nSPS) is 16.3. The fourth-order valence-corrected chi connectivity index (χ4v) is 3.66. The number of nitrogens with one attached hydrogen (secondary N) is 1. The Balaban J connectivity index is 1.91. The van der Waals surface area contributed by atoms with E-state index < -0.39 is 11.5 Å². The van der Waals surface area contributed by atoms with Crippen LogP contribution >= 0.6 is 0 Å². The first-order chi connectivity index (χ1) is 12.3. The molecule has 1 fully saturated rings. The number of carbonyl (C=O) groups is 2. The van der Waals surface area contributed by atoms with E-state index in [0.29, 0.717) is 24.1 Å². The molecule has 1 heterocycles. The monoisotopic (exact) mass is 355 g/mol. The Hall–Kier alpha value is -2.63. The summed E-state index contributed by atoms with van der Waals surface area (Å²) in [6.45, 7) is 5.84. The maximum absolute atomic E-state index is 12.8. The van der Waals surface area contributed by atoms with Crippen LogP contribution in [0.4, 0.5) is 0 Å². The van der Waals surface area contributed by atoms with Gasteiger partial charge < -0.3 is 10.4 Å². The zero-order chi connectivity index (χ0) is 18.9. The minimum Gasteiger partial charge on any atom is -0.480 e. The molecule has 26 heavy (non-hydrogen) atoms. The number of benzene rings is 1. The van der Waals surface area contributed by atoms with Crippen LogP contribution < -0.4 is 5.32 Å². The second kappa shape index (κ2) is 6.94. The van der Waals surface area contributed by atoms with Crippen molar-refractivity contribution in [1.82, 2.24) is 15.1 Å². The van der Waals surface area contributed by atoms with Crippen LogP contribution in [0.1, 0.15) is 59.3 Å². The zero-order valence-electron chi connectivity index (χ0n) is 15.5. The van der Waals surface area contributed by atoms with Gasteiger partial charge in [-0.3, -0.25) is 4.79 Å². The van der Waals surface area contributed by atoms with Crippen LogP contribution in [-0.4, -0.2) is 32.3 Å². The van der Waals surface area contributed by atoms with Crippen molar-refractivity contribution in [1.29, 1.82) is 0 Å². The highest BCUT2D eigenvalue weighted by Gasteiger charge is 2.41. The van der Waals surface area contributed by atoms with Crippen molar-refractivity contribution in [2.75, 3.05) is 0 Å². The minimum atomic E-state index is -1.16. The van der Waals surface area contributed by atoms with Gasteiger partial charge in [0.1, 0.15) is 5.54 Å². The van der Waals surface area contributed by atoms with Crippen molar-refractivity contribution in [3.63, 3.8) is 0 Å². The van der Waals surface area contributed by atoms with Gasteiger partial charge >= 0.3 is 5.97 Å². The molecule has 3 rings (SSSR count). The molecule has 2 aromatic rings. The third-order valence-corrected chi connectivity index (χ3v) is 5.32. The van der Waals surface area contributed by atoms with Gasteiger partial charge in [-0.25, -0.2) is 9.48 Å². The largest absolute Gasteiger partial charge is 0.480 e. The highest BCUT2D eigenvalue weighted by molar-refractivity contribution is 5.98. The van der Waals surface area contributed by atoms with Gasteiger partial charge in [-0.2, -0.15) is 5.10 Å². The Morgan fingerprint density at radius 1 is 1.15 bits per heavy atom. The molecule has 0 unspecified atom stereocenters. The van der Waals surface area contributed by atoms with E-state index in [-0.39, 0.29) is 5.91 Å². The number of carbonyl (C=O) groups excluding carboxylic acids is 1. The number of aliphatic carboxylic acids is 1. The zero-order valence-corrected chi connectivity index (χ0v) is 15.5. The lowest BCUT2D eigenvalue weighted by molar-refractivity contribution is -0.145. The number of rotatable bonds is 4. The lowest BCUT2D eigenvalue weighted by Crippen LogP contribution is -2.55. The summed E-state index contributed by atoms with van der Waals surface area (Å²) < 4.78 is 1.74. The van der Waals surface area contributed by atoms with E-state index in [9.17, 15) is 14.7 Å². The molecule has 1 aliphatic rings. The van der Waals surface area contributed by atoms with Gasteiger partial charge in [-0.05, 0) is 50.8 Å². The molecule has 0 bridgehead atoms. The number of aryl methyl sites for hydroxylation is 2. The summed E-state index contributed by atoms with van der Waals surface area (Å²) in [5, 5.41) is 16.8. The van der Waals surface area contributed by atoms with Crippen LogP contribution in [0.15, 0.2) is 24.4 Å². The first-order valence-electron chi connectivity index (χ1n) is 9.02. The molecule has 0 saturated heterocycles. The number of nitrogens with zero attached hydrogens (tertiary/aromatic N) is 2. The lowest BCUT2D eigenvalue weighted by Gasteiger charge is -2.33. The molecule has 0 spiro atoms. The van der Waals surface area contributed by atoms with Gasteiger partial charge in [-0.15, -0.1) is 0 Å². The van der Waals surface area contributed by atoms with Crippen LogP contribution in [0.2, 0.25) is 0 Å². The molecule has 1 amide bonds. The molecule has 1 saturated carbocycles. The molecule has 6 nitrogen and oxygen atoms in total. The first-order valence-corrected chi connectivity index (χ1v) is 9.02. The topological polar surface area (TPSA) is 84.2 Å². The number of amides is 1. The molecule has 2 N–H and O–H groups in total. The second-order valence-electron chi connectivity index (χ2n) is 7.25. The van der Waals surface area contributed by atoms with E-state index in [1.165, 1.54) is 6.20 Å². The van der Waals surface area contributed by atoms with E-state index in [4.69, 9.17) is 0 Å². The number of aromatic nitrogens is 2. The van der Waals surface area contributed by atoms with Crippen molar-refractivity contribution in [3.8, 4) is 5.69 Å². The van der Waals surface area contributed by atoms with Crippen LogP contribution in [0.5, 0.6) is 0 Å². The third kappa shape index (κ3) is 3.23. The standard InChI is InChI=1S/C20H25N3O3/c1-13-7-8-14(2)17(11-13)23-15(3)16(12-21-23)18(24)22-20(19(25)26)9-5-4-6-10-20/h7-8,11-12H,4-6,9-10H2,1-3H3,(H,22,24)(H,25,26). The van der Waals surface area contributed by atoms with Gasteiger partial charge in [-0.1, -0.05) is 31.4 Å².